The monoisotopic (exact) mass is 257 g/mol. The van der Waals surface area contributed by atoms with Crippen LogP contribution in [0.5, 0.6) is 0 Å². The van der Waals surface area contributed by atoms with Crippen molar-refractivity contribution < 1.29 is 22.8 Å². The van der Waals surface area contributed by atoms with E-state index in [9.17, 15) is 22.8 Å². The third kappa shape index (κ3) is 1.98. The number of ketones is 1. The van der Waals surface area contributed by atoms with Crippen LogP contribution in [-0.2, 0) is 11.2 Å². The van der Waals surface area contributed by atoms with Gasteiger partial charge in [0.1, 0.15) is 5.54 Å². The van der Waals surface area contributed by atoms with Crippen molar-refractivity contribution >= 4 is 11.7 Å². The van der Waals surface area contributed by atoms with Crippen LogP contribution in [0.3, 0.4) is 0 Å². The Bertz CT molecular complexity index is 524. The van der Waals surface area contributed by atoms with Crippen molar-refractivity contribution in [1.82, 2.24) is 5.32 Å². The zero-order chi connectivity index (χ0) is 13.6. The number of hydrogen-bond donors (Lipinski definition) is 1. The fraction of sp³-hybridized carbons (Fsp3) is 0.333. The molecule has 0 heterocycles. The van der Waals surface area contributed by atoms with Crippen LogP contribution in [0.4, 0.5) is 13.2 Å². The van der Waals surface area contributed by atoms with Gasteiger partial charge in [0, 0.05) is 12.0 Å². The Morgan fingerprint density at radius 2 is 1.94 bits per heavy atom. The first-order valence-corrected chi connectivity index (χ1v) is 5.26. The van der Waals surface area contributed by atoms with E-state index < -0.39 is 23.4 Å². The molecule has 0 aromatic heterocycles. The molecule has 0 saturated carbocycles. The van der Waals surface area contributed by atoms with Gasteiger partial charge >= 0.3 is 12.1 Å². The summed E-state index contributed by atoms with van der Waals surface area (Å²) in [6, 6.07) is 6.54. The van der Waals surface area contributed by atoms with Crippen molar-refractivity contribution in [3.8, 4) is 0 Å². The van der Waals surface area contributed by atoms with Gasteiger partial charge in [-0.15, -0.1) is 0 Å². The molecule has 1 N–H and O–H groups in total. The fourth-order valence-corrected chi connectivity index (χ4v) is 2.08. The molecule has 1 unspecified atom stereocenters. The maximum Gasteiger partial charge on any atom is 0.471 e. The Balaban J connectivity index is 2.27. The fourth-order valence-electron chi connectivity index (χ4n) is 2.08. The summed E-state index contributed by atoms with van der Waals surface area (Å²) in [6.07, 6.45) is -4.91. The van der Waals surface area contributed by atoms with Crippen LogP contribution in [0.25, 0.3) is 0 Å². The first-order chi connectivity index (χ1) is 8.24. The molecule has 3 nitrogen and oxygen atoms in total. The maximum atomic E-state index is 12.2. The second-order valence-corrected chi connectivity index (χ2v) is 4.45. The Labute approximate surface area is 101 Å². The zero-order valence-electron chi connectivity index (χ0n) is 9.47. The molecule has 0 radical (unpaired) electrons. The Kier molecular flexibility index (Phi) is 2.68. The van der Waals surface area contributed by atoms with Gasteiger partial charge < -0.3 is 5.32 Å². The van der Waals surface area contributed by atoms with Crippen LogP contribution in [0.15, 0.2) is 24.3 Å². The van der Waals surface area contributed by atoms with Gasteiger partial charge in [-0.05, 0) is 12.5 Å². The molecule has 1 atom stereocenters. The third-order valence-corrected chi connectivity index (χ3v) is 2.95. The summed E-state index contributed by atoms with van der Waals surface area (Å²) in [6.45, 7) is 1.30. The highest BCUT2D eigenvalue weighted by Gasteiger charge is 2.48. The second-order valence-electron chi connectivity index (χ2n) is 4.45. The van der Waals surface area contributed by atoms with Crippen molar-refractivity contribution in [1.29, 1.82) is 0 Å². The van der Waals surface area contributed by atoms with E-state index in [1.54, 1.807) is 29.6 Å². The number of amides is 1. The summed E-state index contributed by atoms with van der Waals surface area (Å²) in [4.78, 5) is 22.9. The summed E-state index contributed by atoms with van der Waals surface area (Å²) >= 11 is 0. The first-order valence-electron chi connectivity index (χ1n) is 5.26. The first kappa shape index (κ1) is 12.6. The number of rotatable bonds is 1. The quantitative estimate of drug-likeness (QED) is 0.834. The SMILES string of the molecule is CC1(NC(=O)C(F)(F)F)Cc2ccccc2C1=O. The lowest BCUT2D eigenvalue weighted by atomic mass is 9.97. The maximum absolute atomic E-state index is 12.2. The minimum atomic E-state index is -4.99. The van der Waals surface area contributed by atoms with Gasteiger partial charge in [0.05, 0.1) is 0 Å². The standard InChI is InChI=1S/C12H10F3NO2/c1-11(16-10(18)12(13,14)15)6-7-4-2-3-5-8(7)9(11)17/h2-5H,6H2,1H3,(H,16,18). The van der Waals surface area contributed by atoms with Crippen molar-refractivity contribution in [3.63, 3.8) is 0 Å². The topological polar surface area (TPSA) is 46.2 Å². The van der Waals surface area contributed by atoms with E-state index in [0.29, 0.717) is 11.1 Å². The summed E-state index contributed by atoms with van der Waals surface area (Å²) in [5.41, 5.74) is -0.508. The molecule has 0 aliphatic heterocycles. The number of carbonyl (C=O) groups is 2. The highest BCUT2D eigenvalue weighted by Crippen LogP contribution is 2.30. The van der Waals surface area contributed by atoms with Crippen LogP contribution >= 0.6 is 0 Å². The van der Waals surface area contributed by atoms with Gasteiger partial charge in [-0.3, -0.25) is 9.59 Å². The molecular formula is C12H10F3NO2. The average molecular weight is 257 g/mol. The van der Waals surface area contributed by atoms with Crippen LogP contribution in [0.1, 0.15) is 22.8 Å². The van der Waals surface area contributed by atoms with Crippen molar-refractivity contribution in [3.05, 3.63) is 35.4 Å². The predicted molar refractivity (Wildman–Crippen MR) is 57.1 cm³/mol. The third-order valence-electron chi connectivity index (χ3n) is 2.95. The molecule has 1 aliphatic carbocycles. The Morgan fingerprint density at radius 3 is 2.50 bits per heavy atom. The molecule has 0 spiro atoms. The molecule has 6 heteroatoms. The summed E-state index contributed by atoms with van der Waals surface area (Å²) in [5.74, 6) is -2.58. The number of carbonyl (C=O) groups excluding carboxylic acids is 2. The average Bonchev–Trinajstić information content (AvgIpc) is 2.50. The lowest BCUT2D eigenvalue weighted by Crippen LogP contribution is -2.54. The van der Waals surface area contributed by atoms with Gasteiger partial charge in [-0.1, -0.05) is 24.3 Å². The summed E-state index contributed by atoms with van der Waals surface area (Å²) < 4.78 is 36.6. The smallest absolute Gasteiger partial charge is 0.335 e. The molecule has 1 aromatic rings. The van der Waals surface area contributed by atoms with Gasteiger partial charge in [-0.25, -0.2) is 0 Å². The van der Waals surface area contributed by atoms with E-state index in [1.807, 2.05) is 0 Å². The number of nitrogens with one attached hydrogen (secondary N) is 1. The normalized spacial score (nSPS) is 22.8. The van der Waals surface area contributed by atoms with Gasteiger partial charge in [-0.2, -0.15) is 13.2 Å². The molecule has 0 bridgehead atoms. The van der Waals surface area contributed by atoms with Crippen molar-refractivity contribution in [2.75, 3.05) is 0 Å². The second kappa shape index (κ2) is 3.83. The number of benzene rings is 1. The van der Waals surface area contributed by atoms with Crippen molar-refractivity contribution in [2.24, 2.45) is 0 Å². The van der Waals surface area contributed by atoms with E-state index in [-0.39, 0.29) is 6.42 Å². The van der Waals surface area contributed by atoms with Gasteiger partial charge in [0.2, 0.25) is 0 Å². The highest BCUT2D eigenvalue weighted by atomic mass is 19.4. The molecule has 0 saturated heterocycles. The number of fused-ring (bicyclic) bond motifs is 1. The van der Waals surface area contributed by atoms with E-state index >= 15 is 0 Å². The number of Topliss-reactive ketones (excluding diaryl/α,β-unsaturated/α-hetero) is 1. The number of alkyl halides is 3. The molecule has 1 aromatic carbocycles. The number of halogens is 3. The molecule has 96 valence electrons. The minimum absolute atomic E-state index is 0.0732. The zero-order valence-corrected chi connectivity index (χ0v) is 9.47. The molecule has 2 rings (SSSR count). The number of hydrogen-bond acceptors (Lipinski definition) is 2. The molecule has 0 fully saturated rings. The van der Waals surface area contributed by atoms with Crippen LogP contribution in [0, 0.1) is 0 Å². The van der Waals surface area contributed by atoms with E-state index in [2.05, 4.69) is 0 Å². The van der Waals surface area contributed by atoms with E-state index in [0.717, 1.165) is 0 Å². The van der Waals surface area contributed by atoms with Crippen molar-refractivity contribution in [2.45, 2.75) is 25.1 Å². The van der Waals surface area contributed by atoms with Crippen LogP contribution in [-0.4, -0.2) is 23.4 Å². The minimum Gasteiger partial charge on any atom is -0.335 e. The summed E-state index contributed by atoms with van der Waals surface area (Å²) in [5, 5.41) is 1.78. The van der Waals surface area contributed by atoms with E-state index in [4.69, 9.17) is 0 Å². The molecule has 1 amide bonds. The Morgan fingerprint density at radius 1 is 1.33 bits per heavy atom. The summed E-state index contributed by atoms with van der Waals surface area (Å²) in [7, 11) is 0. The molecule has 18 heavy (non-hydrogen) atoms. The van der Waals surface area contributed by atoms with E-state index in [1.165, 1.54) is 6.92 Å². The van der Waals surface area contributed by atoms with Crippen LogP contribution in [0.2, 0.25) is 0 Å². The Hall–Kier alpha value is -1.85. The lowest BCUT2D eigenvalue weighted by Gasteiger charge is -2.24. The molecule has 1 aliphatic rings. The lowest BCUT2D eigenvalue weighted by molar-refractivity contribution is -0.175. The van der Waals surface area contributed by atoms with Crippen LogP contribution < -0.4 is 5.32 Å². The van der Waals surface area contributed by atoms with Gasteiger partial charge in [0.15, 0.2) is 5.78 Å². The largest absolute Gasteiger partial charge is 0.471 e. The predicted octanol–water partition coefficient (Wildman–Crippen LogP) is 1.86. The molecular weight excluding hydrogens is 247 g/mol. The highest BCUT2D eigenvalue weighted by molar-refractivity contribution is 6.09. The van der Waals surface area contributed by atoms with Gasteiger partial charge in [0.25, 0.3) is 0 Å².